The highest BCUT2D eigenvalue weighted by atomic mass is 15.5. The first-order valence-corrected chi connectivity index (χ1v) is 3.74. The summed E-state index contributed by atoms with van der Waals surface area (Å²) < 4.78 is 1.81. The molecule has 60 valence electrons. The molecular formula is C7H12N4. The smallest absolute Gasteiger partial charge is 0.154 e. The molecule has 0 aliphatic rings. The van der Waals surface area contributed by atoms with Gasteiger partial charge in [0.25, 0.3) is 0 Å². The van der Waals surface area contributed by atoms with Gasteiger partial charge in [-0.2, -0.15) is 0 Å². The fourth-order valence-corrected chi connectivity index (χ4v) is 0.884. The summed E-state index contributed by atoms with van der Waals surface area (Å²) in [4.78, 5) is 0. The summed E-state index contributed by atoms with van der Waals surface area (Å²) in [6.07, 6.45) is 3.60. The zero-order valence-corrected chi connectivity index (χ0v) is 6.69. The van der Waals surface area contributed by atoms with Crippen molar-refractivity contribution in [1.82, 2.24) is 20.2 Å². The topological polar surface area (TPSA) is 43.6 Å². The molecule has 1 aromatic heterocycles. The van der Waals surface area contributed by atoms with Crippen molar-refractivity contribution in [3.63, 3.8) is 0 Å². The van der Waals surface area contributed by atoms with E-state index in [1.165, 1.54) is 0 Å². The Bertz CT molecular complexity index is 228. The van der Waals surface area contributed by atoms with E-state index in [2.05, 4.69) is 29.0 Å². The second kappa shape index (κ2) is 3.85. The number of tetrazole rings is 1. The number of hydrogen-bond donors (Lipinski definition) is 0. The lowest BCUT2D eigenvalue weighted by molar-refractivity contribution is 0.561. The van der Waals surface area contributed by atoms with Gasteiger partial charge in [-0.1, -0.05) is 13.0 Å². The van der Waals surface area contributed by atoms with Crippen molar-refractivity contribution in [1.29, 1.82) is 0 Å². The lowest BCUT2D eigenvalue weighted by atomic mass is 10.4. The van der Waals surface area contributed by atoms with E-state index in [-0.39, 0.29) is 0 Å². The monoisotopic (exact) mass is 152 g/mol. The van der Waals surface area contributed by atoms with Gasteiger partial charge in [-0.3, -0.25) is 0 Å². The lowest BCUT2D eigenvalue weighted by Gasteiger charge is -1.97. The van der Waals surface area contributed by atoms with Gasteiger partial charge in [0.2, 0.25) is 0 Å². The summed E-state index contributed by atoms with van der Waals surface area (Å²) in [7, 11) is 0. The maximum atomic E-state index is 3.86. The van der Waals surface area contributed by atoms with Crippen molar-refractivity contribution in [3.8, 4) is 0 Å². The predicted molar refractivity (Wildman–Crippen MR) is 42.0 cm³/mol. The standard InChI is InChI=1S/C7H12N4/c1-3-5-7-8-9-10-11(7)6-4-2/h3H,1,4-6H2,2H3. The van der Waals surface area contributed by atoms with Crippen molar-refractivity contribution in [3.05, 3.63) is 18.5 Å². The molecular weight excluding hydrogens is 140 g/mol. The molecule has 0 saturated heterocycles. The van der Waals surface area contributed by atoms with Crippen LogP contribution in [0, 0.1) is 0 Å². The van der Waals surface area contributed by atoms with Crippen LogP contribution in [0.25, 0.3) is 0 Å². The van der Waals surface area contributed by atoms with E-state index < -0.39 is 0 Å². The third-order valence-corrected chi connectivity index (χ3v) is 1.37. The Morgan fingerprint density at radius 3 is 3.09 bits per heavy atom. The number of allylic oxidation sites excluding steroid dienone is 1. The maximum Gasteiger partial charge on any atom is 0.154 e. The summed E-state index contributed by atoms with van der Waals surface area (Å²) in [6, 6.07) is 0. The van der Waals surface area contributed by atoms with Crippen LogP contribution in [0.4, 0.5) is 0 Å². The van der Waals surface area contributed by atoms with Gasteiger partial charge in [-0.15, -0.1) is 11.7 Å². The summed E-state index contributed by atoms with van der Waals surface area (Å²) in [5, 5.41) is 11.3. The van der Waals surface area contributed by atoms with Gasteiger partial charge in [-0.25, -0.2) is 4.68 Å². The van der Waals surface area contributed by atoms with Crippen molar-refractivity contribution >= 4 is 0 Å². The minimum Gasteiger partial charge on any atom is -0.229 e. The van der Waals surface area contributed by atoms with Crippen molar-refractivity contribution in [2.75, 3.05) is 0 Å². The molecule has 0 N–H and O–H groups in total. The van der Waals surface area contributed by atoms with E-state index in [1.807, 2.05) is 4.68 Å². The van der Waals surface area contributed by atoms with Gasteiger partial charge in [0, 0.05) is 13.0 Å². The quantitative estimate of drug-likeness (QED) is 0.600. The molecule has 1 heterocycles. The van der Waals surface area contributed by atoms with Crippen LogP contribution in [0.15, 0.2) is 12.7 Å². The van der Waals surface area contributed by atoms with E-state index in [0.717, 1.165) is 25.2 Å². The molecule has 4 heteroatoms. The Morgan fingerprint density at radius 1 is 1.64 bits per heavy atom. The second-order valence-corrected chi connectivity index (χ2v) is 2.31. The van der Waals surface area contributed by atoms with Gasteiger partial charge in [0.15, 0.2) is 5.82 Å². The summed E-state index contributed by atoms with van der Waals surface area (Å²) >= 11 is 0. The molecule has 0 spiro atoms. The average molecular weight is 152 g/mol. The van der Waals surface area contributed by atoms with Crippen LogP contribution >= 0.6 is 0 Å². The van der Waals surface area contributed by atoms with E-state index >= 15 is 0 Å². The third kappa shape index (κ3) is 1.86. The molecule has 0 fully saturated rings. The summed E-state index contributed by atoms with van der Waals surface area (Å²) in [6.45, 7) is 6.61. The normalized spacial score (nSPS) is 9.91. The molecule has 0 aliphatic heterocycles. The van der Waals surface area contributed by atoms with Crippen molar-refractivity contribution < 1.29 is 0 Å². The van der Waals surface area contributed by atoms with Crippen LogP contribution in [0.5, 0.6) is 0 Å². The lowest BCUT2D eigenvalue weighted by Crippen LogP contribution is -2.04. The molecule has 0 saturated carbocycles. The van der Waals surface area contributed by atoms with Gasteiger partial charge in [-0.05, 0) is 16.8 Å². The van der Waals surface area contributed by atoms with Crippen molar-refractivity contribution in [2.45, 2.75) is 26.3 Å². The third-order valence-electron chi connectivity index (χ3n) is 1.37. The minimum absolute atomic E-state index is 0.743. The molecule has 0 bridgehead atoms. The maximum absolute atomic E-state index is 3.86. The Balaban J connectivity index is 2.69. The highest BCUT2D eigenvalue weighted by Crippen LogP contribution is 1.95. The molecule has 0 unspecified atom stereocenters. The first kappa shape index (κ1) is 7.91. The van der Waals surface area contributed by atoms with E-state index in [1.54, 1.807) is 6.08 Å². The Hall–Kier alpha value is -1.19. The SMILES string of the molecule is C=CCc1nnnn1CCC. The molecule has 1 rings (SSSR count). The van der Waals surface area contributed by atoms with Gasteiger partial charge < -0.3 is 0 Å². The molecule has 11 heavy (non-hydrogen) atoms. The first-order valence-electron chi connectivity index (χ1n) is 3.74. The number of nitrogens with zero attached hydrogens (tertiary/aromatic N) is 4. The highest BCUT2D eigenvalue weighted by molar-refractivity contribution is 4.89. The average Bonchev–Trinajstić information content (AvgIpc) is 2.39. The molecule has 4 nitrogen and oxygen atoms in total. The Morgan fingerprint density at radius 2 is 2.45 bits per heavy atom. The van der Waals surface area contributed by atoms with Gasteiger partial charge in [0.05, 0.1) is 0 Å². The molecule has 0 radical (unpaired) electrons. The second-order valence-electron chi connectivity index (χ2n) is 2.31. The highest BCUT2D eigenvalue weighted by Gasteiger charge is 2.00. The molecule has 0 atom stereocenters. The van der Waals surface area contributed by atoms with Crippen LogP contribution in [-0.2, 0) is 13.0 Å². The zero-order valence-electron chi connectivity index (χ0n) is 6.69. The van der Waals surface area contributed by atoms with E-state index in [0.29, 0.717) is 0 Å². The summed E-state index contributed by atoms with van der Waals surface area (Å²) in [5.41, 5.74) is 0. The largest absolute Gasteiger partial charge is 0.229 e. The fourth-order valence-electron chi connectivity index (χ4n) is 0.884. The predicted octanol–water partition coefficient (Wildman–Crippen LogP) is 0.812. The zero-order chi connectivity index (χ0) is 8.10. The van der Waals surface area contributed by atoms with Crippen LogP contribution in [0.1, 0.15) is 19.2 Å². The number of aryl methyl sites for hydroxylation is 1. The minimum atomic E-state index is 0.743. The molecule has 1 aromatic rings. The number of hydrogen-bond acceptors (Lipinski definition) is 3. The van der Waals surface area contributed by atoms with Gasteiger partial charge in [0.1, 0.15) is 0 Å². The van der Waals surface area contributed by atoms with Crippen LogP contribution in [-0.4, -0.2) is 20.2 Å². The van der Waals surface area contributed by atoms with E-state index in [4.69, 9.17) is 0 Å². The summed E-state index contributed by atoms with van der Waals surface area (Å²) in [5.74, 6) is 0.891. The Labute approximate surface area is 65.9 Å². The van der Waals surface area contributed by atoms with Crippen LogP contribution in [0.2, 0.25) is 0 Å². The van der Waals surface area contributed by atoms with Gasteiger partial charge >= 0.3 is 0 Å². The van der Waals surface area contributed by atoms with Crippen LogP contribution in [0.3, 0.4) is 0 Å². The first-order chi connectivity index (χ1) is 5.38. The van der Waals surface area contributed by atoms with Crippen LogP contribution < -0.4 is 0 Å². The Kier molecular flexibility index (Phi) is 2.77. The molecule has 0 aromatic carbocycles. The molecule has 0 aliphatic carbocycles. The number of rotatable bonds is 4. The fraction of sp³-hybridized carbons (Fsp3) is 0.571. The van der Waals surface area contributed by atoms with Crippen molar-refractivity contribution in [2.24, 2.45) is 0 Å². The van der Waals surface area contributed by atoms with E-state index in [9.17, 15) is 0 Å². The molecule has 0 amide bonds. The number of aromatic nitrogens is 4.